The van der Waals surface area contributed by atoms with Crippen LogP contribution in [0.2, 0.25) is 0 Å². The number of hydrogen-bond acceptors (Lipinski definition) is 3. The van der Waals surface area contributed by atoms with E-state index >= 15 is 0 Å². The summed E-state index contributed by atoms with van der Waals surface area (Å²) in [5.41, 5.74) is 0. The average Bonchev–Trinajstić information content (AvgIpc) is 2.29. The lowest BCUT2D eigenvalue weighted by molar-refractivity contribution is -0.219. The van der Waals surface area contributed by atoms with Crippen molar-refractivity contribution in [3.05, 3.63) is 0 Å². The van der Waals surface area contributed by atoms with Gasteiger partial charge in [0.05, 0.1) is 6.61 Å². The predicted molar refractivity (Wildman–Crippen MR) is 72.2 cm³/mol. The highest BCUT2D eigenvalue weighted by atomic mass is 31.2. The number of unbranched alkanes of at least 4 members (excludes halogenated alkanes) is 10. The van der Waals surface area contributed by atoms with Gasteiger partial charge in [0.15, 0.2) is 0 Å². The molecule has 0 aromatic carbocycles. The molecule has 0 aromatic rings. The monoisotopic (exact) mass is 279 g/mol. The molecule has 5 heteroatoms. The van der Waals surface area contributed by atoms with Gasteiger partial charge in [0.1, 0.15) is 0 Å². The van der Waals surface area contributed by atoms with Crippen LogP contribution < -0.4 is 4.89 Å². The van der Waals surface area contributed by atoms with Gasteiger partial charge in [0.25, 0.3) is 7.82 Å². The Bertz CT molecular complexity index is 215. The molecule has 0 spiro atoms. The lowest BCUT2D eigenvalue weighted by atomic mass is 10.1. The number of phosphoric acid groups is 1. The zero-order valence-corrected chi connectivity index (χ0v) is 12.5. The minimum Gasteiger partial charge on any atom is -0.756 e. The molecule has 1 unspecified atom stereocenters. The van der Waals surface area contributed by atoms with Crippen LogP contribution in [-0.4, -0.2) is 11.5 Å². The second kappa shape index (κ2) is 12.2. The third kappa shape index (κ3) is 16.1. The Morgan fingerprint density at radius 2 is 1.28 bits per heavy atom. The average molecular weight is 279 g/mol. The van der Waals surface area contributed by atoms with Crippen LogP contribution in [0, 0.1) is 0 Å². The van der Waals surface area contributed by atoms with Gasteiger partial charge in [-0.3, -0.25) is 4.57 Å². The van der Waals surface area contributed by atoms with Crippen LogP contribution in [-0.2, 0) is 9.09 Å². The van der Waals surface area contributed by atoms with Crippen LogP contribution in [0.3, 0.4) is 0 Å². The van der Waals surface area contributed by atoms with E-state index in [4.69, 9.17) is 4.89 Å². The predicted octanol–water partition coefficient (Wildman–Crippen LogP) is 3.77. The standard InChI is InChI=1S/C13H29O4P/c1-2-3-4-5-6-7-8-9-10-11-12-13-17-18(14,15)16/h2-13H2,1H3,(H2,14,15,16)/p-1. The second-order valence-corrected chi connectivity index (χ2v) is 6.03. The molecule has 0 aliphatic heterocycles. The van der Waals surface area contributed by atoms with E-state index in [0.717, 1.165) is 12.8 Å². The highest BCUT2D eigenvalue weighted by Crippen LogP contribution is 2.30. The second-order valence-electron chi connectivity index (χ2n) is 4.84. The lowest BCUT2D eigenvalue weighted by Crippen LogP contribution is -2.04. The number of hydrogen-bond donors (Lipinski definition) is 1. The topological polar surface area (TPSA) is 69.6 Å². The fraction of sp³-hybridized carbons (Fsp3) is 1.00. The Hall–Kier alpha value is 0.110. The fourth-order valence-corrected chi connectivity index (χ4v) is 2.31. The summed E-state index contributed by atoms with van der Waals surface area (Å²) >= 11 is 0. The molecule has 0 aliphatic rings. The van der Waals surface area contributed by atoms with Gasteiger partial charge >= 0.3 is 0 Å². The minimum atomic E-state index is -4.50. The van der Waals surface area contributed by atoms with E-state index in [-0.39, 0.29) is 6.61 Å². The maximum atomic E-state index is 10.3. The maximum Gasteiger partial charge on any atom is 0.265 e. The molecule has 1 atom stereocenters. The van der Waals surface area contributed by atoms with Crippen LogP contribution in [0.1, 0.15) is 77.6 Å². The zero-order chi connectivity index (χ0) is 13.7. The number of rotatable bonds is 13. The summed E-state index contributed by atoms with van der Waals surface area (Å²) < 4.78 is 14.5. The quantitative estimate of drug-likeness (QED) is 0.411. The van der Waals surface area contributed by atoms with Crippen LogP contribution in [0.4, 0.5) is 0 Å². The van der Waals surface area contributed by atoms with Crippen molar-refractivity contribution in [1.29, 1.82) is 0 Å². The Balaban J connectivity index is 3.01. The van der Waals surface area contributed by atoms with E-state index in [2.05, 4.69) is 11.4 Å². The molecule has 0 amide bonds. The molecule has 0 bridgehead atoms. The van der Waals surface area contributed by atoms with E-state index in [1.165, 1.54) is 51.4 Å². The molecular weight excluding hydrogens is 251 g/mol. The molecule has 110 valence electrons. The Kier molecular flexibility index (Phi) is 12.2. The van der Waals surface area contributed by atoms with Gasteiger partial charge in [-0.2, -0.15) is 0 Å². The fourth-order valence-electron chi connectivity index (χ4n) is 1.95. The van der Waals surface area contributed by atoms with Gasteiger partial charge in [-0.25, -0.2) is 0 Å². The highest BCUT2D eigenvalue weighted by molar-refractivity contribution is 7.44. The summed E-state index contributed by atoms with van der Waals surface area (Å²) in [6, 6.07) is 0. The van der Waals surface area contributed by atoms with E-state index in [1.807, 2.05) is 0 Å². The molecule has 0 radical (unpaired) electrons. The molecule has 0 rings (SSSR count). The van der Waals surface area contributed by atoms with Crippen molar-refractivity contribution in [3.8, 4) is 0 Å². The Morgan fingerprint density at radius 1 is 0.889 bits per heavy atom. The molecule has 0 saturated heterocycles. The van der Waals surface area contributed by atoms with Crippen LogP contribution >= 0.6 is 7.82 Å². The van der Waals surface area contributed by atoms with E-state index in [1.54, 1.807) is 0 Å². The Morgan fingerprint density at radius 3 is 1.67 bits per heavy atom. The van der Waals surface area contributed by atoms with Gasteiger partial charge in [0, 0.05) is 0 Å². The van der Waals surface area contributed by atoms with E-state index in [9.17, 15) is 9.46 Å². The lowest BCUT2D eigenvalue weighted by Gasteiger charge is -2.14. The summed E-state index contributed by atoms with van der Waals surface area (Å²) in [7, 11) is -4.50. The molecular formula is C13H28O4P-. The molecule has 0 fully saturated rings. The van der Waals surface area contributed by atoms with Crippen LogP contribution in [0.25, 0.3) is 0 Å². The molecule has 1 N–H and O–H groups in total. The van der Waals surface area contributed by atoms with Crippen molar-refractivity contribution in [1.82, 2.24) is 0 Å². The van der Waals surface area contributed by atoms with E-state index < -0.39 is 7.82 Å². The first-order chi connectivity index (χ1) is 8.56. The van der Waals surface area contributed by atoms with E-state index in [0.29, 0.717) is 6.42 Å². The van der Waals surface area contributed by atoms with Gasteiger partial charge in [-0.15, -0.1) is 0 Å². The van der Waals surface area contributed by atoms with Crippen molar-refractivity contribution >= 4 is 7.82 Å². The summed E-state index contributed by atoms with van der Waals surface area (Å²) in [6.07, 6.45) is 13.3. The number of phosphoric ester groups is 1. The first-order valence-electron chi connectivity index (χ1n) is 7.24. The van der Waals surface area contributed by atoms with Gasteiger partial charge in [0.2, 0.25) is 0 Å². The smallest absolute Gasteiger partial charge is 0.265 e. The Labute approximate surface area is 111 Å². The van der Waals surface area contributed by atoms with Gasteiger partial charge < -0.3 is 14.3 Å². The zero-order valence-electron chi connectivity index (χ0n) is 11.6. The van der Waals surface area contributed by atoms with Crippen molar-refractivity contribution in [2.75, 3.05) is 6.61 Å². The van der Waals surface area contributed by atoms with Crippen molar-refractivity contribution in [2.24, 2.45) is 0 Å². The minimum absolute atomic E-state index is 0.105. The van der Waals surface area contributed by atoms with Crippen molar-refractivity contribution < 1.29 is 18.9 Å². The van der Waals surface area contributed by atoms with Gasteiger partial charge in [-0.1, -0.05) is 71.1 Å². The third-order valence-corrected chi connectivity index (χ3v) is 3.51. The SMILES string of the molecule is CCCCCCCCCCCCCOP(=O)([O-])O. The molecule has 0 heterocycles. The van der Waals surface area contributed by atoms with Crippen molar-refractivity contribution in [2.45, 2.75) is 77.6 Å². The largest absolute Gasteiger partial charge is 0.756 e. The van der Waals surface area contributed by atoms with Crippen molar-refractivity contribution in [3.63, 3.8) is 0 Å². The van der Waals surface area contributed by atoms with Crippen LogP contribution in [0.5, 0.6) is 0 Å². The normalized spacial score (nSPS) is 14.6. The first kappa shape index (κ1) is 18.1. The molecule has 0 aromatic heterocycles. The summed E-state index contributed by atoms with van der Waals surface area (Å²) in [5.74, 6) is 0. The molecule has 0 saturated carbocycles. The molecule has 4 nitrogen and oxygen atoms in total. The summed E-state index contributed by atoms with van der Waals surface area (Å²) in [4.78, 5) is 18.6. The maximum absolute atomic E-state index is 10.3. The van der Waals surface area contributed by atoms with Crippen LogP contribution in [0.15, 0.2) is 0 Å². The summed E-state index contributed by atoms with van der Waals surface area (Å²) in [5, 5.41) is 0. The summed E-state index contributed by atoms with van der Waals surface area (Å²) in [6.45, 7) is 2.33. The molecule has 0 aliphatic carbocycles. The first-order valence-corrected chi connectivity index (χ1v) is 8.74. The highest BCUT2D eigenvalue weighted by Gasteiger charge is 2.00. The van der Waals surface area contributed by atoms with Gasteiger partial charge in [-0.05, 0) is 6.42 Å². The molecule has 18 heavy (non-hydrogen) atoms. The third-order valence-electron chi connectivity index (χ3n) is 3.00.